The SMILES string of the molecule is c1ccc([Si]O[Si]O[Si]c2ccccc2)cc1. The summed E-state index contributed by atoms with van der Waals surface area (Å²) in [6.07, 6.45) is 0. The molecule has 17 heavy (non-hydrogen) atoms. The Balaban J connectivity index is 1.61. The van der Waals surface area contributed by atoms with Crippen LogP contribution < -0.4 is 10.4 Å². The molecule has 6 radical (unpaired) electrons. The first-order chi connectivity index (χ1) is 8.45. The van der Waals surface area contributed by atoms with Crippen molar-refractivity contribution in [2.75, 3.05) is 0 Å². The van der Waals surface area contributed by atoms with Crippen molar-refractivity contribution in [3.63, 3.8) is 0 Å². The third-order valence-electron chi connectivity index (χ3n) is 1.97. The van der Waals surface area contributed by atoms with Crippen LogP contribution in [0.1, 0.15) is 0 Å². The number of benzene rings is 2. The summed E-state index contributed by atoms with van der Waals surface area (Å²) in [4.78, 5) is 0. The molecule has 0 amide bonds. The topological polar surface area (TPSA) is 18.5 Å². The van der Waals surface area contributed by atoms with Gasteiger partial charge in [-0.2, -0.15) is 0 Å². The molecular formula is C12H10O2Si3. The van der Waals surface area contributed by atoms with Crippen molar-refractivity contribution < 1.29 is 8.23 Å². The zero-order valence-corrected chi connectivity index (χ0v) is 12.1. The number of hydrogen-bond acceptors (Lipinski definition) is 2. The van der Waals surface area contributed by atoms with E-state index < -0.39 is 0 Å². The maximum Gasteiger partial charge on any atom is 0.410 e. The largest absolute Gasteiger partial charge is 0.431 e. The molecular weight excluding hydrogens is 260 g/mol. The highest BCUT2D eigenvalue weighted by atomic mass is 28.4. The summed E-state index contributed by atoms with van der Waals surface area (Å²) < 4.78 is 11.0. The molecule has 5 heteroatoms. The minimum atomic E-state index is 0.108. The van der Waals surface area contributed by atoms with Crippen molar-refractivity contribution >= 4 is 39.9 Å². The van der Waals surface area contributed by atoms with Crippen LogP contribution in [0.2, 0.25) is 0 Å². The third-order valence-corrected chi connectivity index (χ3v) is 4.59. The van der Waals surface area contributed by atoms with E-state index in [-0.39, 0.29) is 10.0 Å². The third kappa shape index (κ3) is 4.80. The summed E-state index contributed by atoms with van der Waals surface area (Å²) in [6, 6.07) is 20.3. The molecule has 0 aliphatic carbocycles. The van der Waals surface area contributed by atoms with Gasteiger partial charge in [0.05, 0.1) is 0 Å². The first-order valence-electron chi connectivity index (χ1n) is 5.14. The second-order valence-electron chi connectivity index (χ2n) is 3.22. The van der Waals surface area contributed by atoms with Crippen molar-refractivity contribution in [3.8, 4) is 0 Å². The quantitative estimate of drug-likeness (QED) is 0.560. The summed E-state index contributed by atoms with van der Waals surface area (Å²) in [6.45, 7) is 0. The molecule has 2 nitrogen and oxygen atoms in total. The zero-order chi connectivity index (χ0) is 11.8. The smallest absolute Gasteiger partial charge is 0.410 e. The number of rotatable bonds is 6. The molecule has 2 aromatic rings. The van der Waals surface area contributed by atoms with Gasteiger partial charge in [0.2, 0.25) is 0 Å². The van der Waals surface area contributed by atoms with Crippen molar-refractivity contribution in [2.45, 2.75) is 0 Å². The van der Waals surface area contributed by atoms with Gasteiger partial charge >= 0.3 is 10.0 Å². The molecule has 0 atom stereocenters. The molecule has 2 aromatic carbocycles. The zero-order valence-electron chi connectivity index (χ0n) is 9.09. The second kappa shape index (κ2) is 7.36. The van der Waals surface area contributed by atoms with Gasteiger partial charge in [-0.05, 0) is 10.4 Å². The van der Waals surface area contributed by atoms with E-state index in [2.05, 4.69) is 24.3 Å². The maximum absolute atomic E-state index is 5.48. The molecule has 0 aliphatic heterocycles. The van der Waals surface area contributed by atoms with Crippen molar-refractivity contribution in [3.05, 3.63) is 60.7 Å². The summed E-state index contributed by atoms with van der Waals surface area (Å²) in [7, 11) is 0.836. The Kier molecular flexibility index (Phi) is 5.40. The molecule has 0 heterocycles. The fraction of sp³-hybridized carbons (Fsp3) is 0. The number of hydrogen-bond donors (Lipinski definition) is 0. The minimum absolute atomic E-state index is 0.108. The van der Waals surface area contributed by atoms with E-state index in [4.69, 9.17) is 8.23 Å². The van der Waals surface area contributed by atoms with Gasteiger partial charge in [0.1, 0.15) is 0 Å². The Morgan fingerprint density at radius 3 is 1.41 bits per heavy atom. The Morgan fingerprint density at radius 2 is 1.00 bits per heavy atom. The van der Waals surface area contributed by atoms with E-state index >= 15 is 0 Å². The van der Waals surface area contributed by atoms with E-state index in [1.165, 1.54) is 10.4 Å². The monoisotopic (exact) mass is 270 g/mol. The van der Waals surface area contributed by atoms with Gasteiger partial charge in [-0.1, -0.05) is 60.7 Å². The summed E-state index contributed by atoms with van der Waals surface area (Å²) in [5.41, 5.74) is 0. The molecule has 0 bridgehead atoms. The summed E-state index contributed by atoms with van der Waals surface area (Å²) >= 11 is 0. The van der Waals surface area contributed by atoms with Gasteiger partial charge in [0.15, 0.2) is 0 Å². The fourth-order valence-corrected chi connectivity index (χ4v) is 3.67. The van der Waals surface area contributed by atoms with Crippen LogP contribution in [0.5, 0.6) is 0 Å². The average Bonchev–Trinajstić information content (AvgIpc) is 2.41. The Bertz CT molecular complexity index is 381. The lowest BCUT2D eigenvalue weighted by Crippen LogP contribution is -2.24. The Hall–Kier alpha value is -0.989. The Labute approximate surface area is 109 Å². The molecule has 0 aliphatic rings. The van der Waals surface area contributed by atoms with Gasteiger partial charge in [0, 0.05) is 0 Å². The molecule has 0 aromatic heterocycles. The van der Waals surface area contributed by atoms with Crippen LogP contribution in [0.4, 0.5) is 0 Å². The standard InChI is InChI=1S/C12H10O2Si3/c1-3-7-11(8-4-1)15-13-17-14-16-12-9-5-2-6-10-12/h1-10H. The molecule has 2 rings (SSSR count). The van der Waals surface area contributed by atoms with Crippen LogP contribution in [0.25, 0.3) is 0 Å². The lowest BCUT2D eigenvalue weighted by atomic mass is 10.4. The molecule has 0 N–H and O–H groups in total. The minimum Gasteiger partial charge on any atom is -0.431 e. The lowest BCUT2D eigenvalue weighted by molar-refractivity contribution is 0.502. The van der Waals surface area contributed by atoms with Crippen LogP contribution in [-0.2, 0) is 8.23 Å². The van der Waals surface area contributed by atoms with Crippen molar-refractivity contribution in [1.82, 2.24) is 0 Å². The van der Waals surface area contributed by atoms with E-state index in [0.717, 1.165) is 0 Å². The van der Waals surface area contributed by atoms with Crippen molar-refractivity contribution in [2.24, 2.45) is 0 Å². The van der Waals surface area contributed by atoms with Gasteiger partial charge in [-0.15, -0.1) is 0 Å². The van der Waals surface area contributed by atoms with Gasteiger partial charge in [-0.3, -0.25) is 0 Å². The highest BCUT2D eigenvalue weighted by molar-refractivity contribution is 6.57. The van der Waals surface area contributed by atoms with Crippen LogP contribution >= 0.6 is 0 Å². The fourth-order valence-electron chi connectivity index (χ4n) is 1.19. The van der Waals surface area contributed by atoms with Crippen LogP contribution in [0, 0.1) is 0 Å². The van der Waals surface area contributed by atoms with Crippen LogP contribution in [-0.4, -0.2) is 29.5 Å². The molecule has 0 saturated carbocycles. The molecule has 0 fully saturated rings. The van der Waals surface area contributed by atoms with E-state index in [1.807, 2.05) is 36.4 Å². The predicted octanol–water partition coefficient (Wildman–Crippen LogP) is 0.443. The maximum atomic E-state index is 5.48. The Morgan fingerprint density at radius 1 is 0.588 bits per heavy atom. The van der Waals surface area contributed by atoms with Gasteiger partial charge in [0.25, 0.3) is 19.5 Å². The predicted molar refractivity (Wildman–Crippen MR) is 71.6 cm³/mol. The molecule has 82 valence electrons. The van der Waals surface area contributed by atoms with Gasteiger partial charge in [-0.25, -0.2) is 0 Å². The molecule has 0 saturated heterocycles. The first-order valence-corrected chi connectivity index (χ1v) is 7.77. The first kappa shape index (κ1) is 12.5. The van der Waals surface area contributed by atoms with Crippen LogP contribution in [0.15, 0.2) is 60.7 Å². The normalized spacial score (nSPS) is 10.4. The highest BCUT2D eigenvalue weighted by Crippen LogP contribution is 1.83. The van der Waals surface area contributed by atoms with Gasteiger partial charge < -0.3 is 8.23 Å². The van der Waals surface area contributed by atoms with E-state index in [9.17, 15) is 0 Å². The summed E-state index contributed by atoms with van der Waals surface area (Å²) in [5.74, 6) is 0. The summed E-state index contributed by atoms with van der Waals surface area (Å²) in [5, 5.41) is 2.40. The molecule has 0 unspecified atom stereocenters. The van der Waals surface area contributed by atoms with E-state index in [1.54, 1.807) is 0 Å². The highest BCUT2D eigenvalue weighted by Gasteiger charge is 2.00. The molecule has 0 spiro atoms. The van der Waals surface area contributed by atoms with E-state index in [0.29, 0.717) is 19.5 Å². The average molecular weight is 270 g/mol. The lowest BCUT2D eigenvalue weighted by Gasteiger charge is -2.01. The second-order valence-corrected chi connectivity index (χ2v) is 6.59. The van der Waals surface area contributed by atoms with Crippen molar-refractivity contribution in [1.29, 1.82) is 0 Å². The van der Waals surface area contributed by atoms with Crippen LogP contribution in [0.3, 0.4) is 0 Å².